The Morgan fingerprint density at radius 3 is 3.17 bits per heavy atom. The van der Waals surface area contributed by atoms with Gasteiger partial charge in [0, 0.05) is 28.0 Å². The van der Waals surface area contributed by atoms with E-state index in [0.717, 1.165) is 15.6 Å². The van der Waals surface area contributed by atoms with Gasteiger partial charge in [-0.1, -0.05) is 0 Å². The van der Waals surface area contributed by atoms with Crippen LogP contribution in [0.2, 0.25) is 0 Å². The van der Waals surface area contributed by atoms with Crippen LogP contribution in [0.1, 0.15) is 17.2 Å². The molecular formula is C8H8BrNO2. The van der Waals surface area contributed by atoms with Crippen LogP contribution in [0.3, 0.4) is 0 Å². The second-order valence-electron chi connectivity index (χ2n) is 2.72. The average molecular weight is 230 g/mol. The maximum atomic E-state index is 9.50. The van der Waals surface area contributed by atoms with Gasteiger partial charge in [-0.25, -0.2) is 0 Å². The van der Waals surface area contributed by atoms with E-state index in [1.807, 2.05) is 0 Å². The van der Waals surface area contributed by atoms with Crippen LogP contribution in [0.4, 0.5) is 0 Å². The summed E-state index contributed by atoms with van der Waals surface area (Å²) in [7, 11) is 0. The Morgan fingerprint density at radius 1 is 1.58 bits per heavy atom. The fourth-order valence-corrected chi connectivity index (χ4v) is 1.74. The number of ether oxygens (including phenoxy) is 1. The number of nitrogens with zero attached hydrogens (tertiary/aromatic N) is 1. The first-order chi connectivity index (χ1) is 5.79. The van der Waals surface area contributed by atoms with Gasteiger partial charge in [0.05, 0.1) is 13.2 Å². The van der Waals surface area contributed by atoms with Crippen molar-refractivity contribution in [3.8, 4) is 0 Å². The minimum Gasteiger partial charge on any atom is -0.386 e. The molecule has 1 N–H and O–H groups in total. The zero-order valence-electron chi connectivity index (χ0n) is 6.33. The summed E-state index contributed by atoms with van der Waals surface area (Å²) in [6, 6.07) is 0. The lowest BCUT2D eigenvalue weighted by Crippen LogP contribution is -2.16. The lowest BCUT2D eigenvalue weighted by Gasteiger charge is -2.21. The largest absolute Gasteiger partial charge is 0.386 e. The molecule has 1 aromatic heterocycles. The molecule has 0 spiro atoms. The molecule has 0 fully saturated rings. The number of halogens is 1. The molecule has 64 valence electrons. The van der Waals surface area contributed by atoms with Gasteiger partial charge in [-0.3, -0.25) is 4.98 Å². The van der Waals surface area contributed by atoms with Crippen LogP contribution in [-0.2, 0) is 11.3 Å². The Morgan fingerprint density at radius 2 is 2.42 bits per heavy atom. The summed E-state index contributed by atoms with van der Waals surface area (Å²) in [6.07, 6.45) is 2.87. The minimum absolute atomic E-state index is 0.366. The monoisotopic (exact) mass is 229 g/mol. The number of aromatic nitrogens is 1. The van der Waals surface area contributed by atoms with E-state index >= 15 is 0 Å². The second-order valence-corrected chi connectivity index (χ2v) is 3.57. The van der Waals surface area contributed by atoms with Gasteiger partial charge in [0.15, 0.2) is 0 Å². The van der Waals surface area contributed by atoms with Gasteiger partial charge in [-0.05, 0) is 15.9 Å². The molecule has 2 heterocycles. The molecule has 1 atom stereocenters. The quantitative estimate of drug-likeness (QED) is 0.732. The molecule has 2 rings (SSSR count). The van der Waals surface area contributed by atoms with Gasteiger partial charge in [-0.15, -0.1) is 0 Å². The first-order valence-electron chi connectivity index (χ1n) is 3.67. The Hall–Kier alpha value is -0.450. The molecule has 0 bridgehead atoms. The Balaban J connectivity index is 2.52. The number of pyridine rings is 1. The van der Waals surface area contributed by atoms with Crippen molar-refractivity contribution in [1.29, 1.82) is 0 Å². The van der Waals surface area contributed by atoms with Crippen molar-refractivity contribution >= 4 is 15.9 Å². The predicted octanol–water partition coefficient (Wildman–Crippen LogP) is 1.41. The Bertz CT molecular complexity index is 303. The van der Waals surface area contributed by atoms with Crippen LogP contribution >= 0.6 is 15.9 Å². The molecule has 1 aliphatic rings. The van der Waals surface area contributed by atoms with Gasteiger partial charge >= 0.3 is 0 Å². The summed E-state index contributed by atoms with van der Waals surface area (Å²) in [5.41, 5.74) is 1.87. The zero-order chi connectivity index (χ0) is 8.55. The lowest BCUT2D eigenvalue weighted by molar-refractivity contribution is 0.00915. The van der Waals surface area contributed by atoms with Gasteiger partial charge in [0.1, 0.15) is 6.10 Å². The molecule has 4 heteroatoms. The van der Waals surface area contributed by atoms with Crippen LogP contribution in [0.25, 0.3) is 0 Å². The van der Waals surface area contributed by atoms with E-state index in [4.69, 9.17) is 4.74 Å². The van der Waals surface area contributed by atoms with Crippen molar-refractivity contribution in [1.82, 2.24) is 4.98 Å². The average Bonchev–Trinajstić information content (AvgIpc) is 2.07. The maximum Gasteiger partial charge on any atom is 0.104 e. The number of aliphatic hydroxyl groups excluding tert-OH is 1. The fraction of sp³-hybridized carbons (Fsp3) is 0.375. The molecule has 3 nitrogen and oxygen atoms in total. The van der Waals surface area contributed by atoms with E-state index < -0.39 is 6.10 Å². The number of rotatable bonds is 0. The van der Waals surface area contributed by atoms with E-state index in [2.05, 4.69) is 20.9 Å². The van der Waals surface area contributed by atoms with Gasteiger partial charge in [0.2, 0.25) is 0 Å². The van der Waals surface area contributed by atoms with Gasteiger partial charge in [0.25, 0.3) is 0 Å². The SMILES string of the molecule is O[C@H]1COCc2c(Br)cncc21. The number of fused-ring (bicyclic) bond motifs is 1. The highest BCUT2D eigenvalue weighted by Gasteiger charge is 2.20. The van der Waals surface area contributed by atoms with E-state index in [1.54, 1.807) is 12.4 Å². The normalized spacial score (nSPS) is 22.0. The summed E-state index contributed by atoms with van der Waals surface area (Å²) >= 11 is 3.36. The molecule has 0 amide bonds. The third-order valence-electron chi connectivity index (χ3n) is 1.92. The highest BCUT2D eigenvalue weighted by Crippen LogP contribution is 2.28. The van der Waals surface area contributed by atoms with Gasteiger partial charge < -0.3 is 9.84 Å². The molecule has 0 unspecified atom stereocenters. The zero-order valence-corrected chi connectivity index (χ0v) is 7.91. The van der Waals surface area contributed by atoms with Crippen molar-refractivity contribution in [3.63, 3.8) is 0 Å². The Labute approximate surface area is 78.5 Å². The van der Waals surface area contributed by atoms with E-state index in [0.29, 0.717) is 13.2 Å². The van der Waals surface area contributed by atoms with E-state index in [1.165, 1.54) is 0 Å². The second kappa shape index (κ2) is 3.12. The summed E-state index contributed by atoms with van der Waals surface area (Å²) in [5, 5.41) is 9.50. The van der Waals surface area contributed by atoms with E-state index in [9.17, 15) is 5.11 Å². The van der Waals surface area contributed by atoms with E-state index in [-0.39, 0.29) is 0 Å². The van der Waals surface area contributed by atoms with Crippen LogP contribution in [-0.4, -0.2) is 16.7 Å². The summed E-state index contributed by atoms with van der Waals surface area (Å²) < 4.78 is 6.08. The lowest BCUT2D eigenvalue weighted by atomic mass is 10.0. The molecule has 0 radical (unpaired) electrons. The summed E-state index contributed by atoms with van der Waals surface area (Å²) in [5.74, 6) is 0. The van der Waals surface area contributed by atoms with Crippen molar-refractivity contribution in [2.75, 3.05) is 6.61 Å². The Kier molecular flexibility index (Phi) is 2.12. The minimum atomic E-state index is -0.529. The third kappa shape index (κ3) is 1.26. The van der Waals surface area contributed by atoms with Crippen LogP contribution in [0.15, 0.2) is 16.9 Å². The highest BCUT2D eigenvalue weighted by atomic mass is 79.9. The number of hydrogen-bond acceptors (Lipinski definition) is 3. The summed E-state index contributed by atoms with van der Waals surface area (Å²) in [4.78, 5) is 3.99. The van der Waals surface area contributed by atoms with Crippen LogP contribution < -0.4 is 0 Å². The number of hydrogen-bond donors (Lipinski definition) is 1. The highest BCUT2D eigenvalue weighted by molar-refractivity contribution is 9.10. The topological polar surface area (TPSA) is 42.4 Å². The first-order valence-corrected chi connectivity index (χ1v) is 4.46. The predicted molar refractivity (Wildman–Crippen MR) is 46.6 cm³/mol. The summed E-state index contributed by atoms with van der Waals surface area (Å²) in [6.45, 7) is 0.917. The molecular weight excluding hydrogens is 222 g/mol. The standard InChI is InChI=1S/C8H8BrNO2/c9-7-2-10-1-5-6(7)3-12-4-8(5)11/h1-2,8,11H,3-4H2/t8-/m0/s1. The molecule has 0 saturated heterocycles. The molecule has 0 aliphatic carbocycles. The van der Waals surface area contributed by atoms with Gasteiger partial charge in [-0.2, -0.15) is 0 Å². The molecule has 1 aliphatic heterocycles. The van der Waals surface area contributed by atoms with Crippen molar-refractivity contribution in [2.45, 2.75) is 12.7 Å². The molecule has 0 aromatic carbocycles. The van der Waals surface area contributed by atoms with Crippen molar-refractivity contribution in [3.05, 3.63) is 28.0 Å². The smallest absolute Gasteiger partial charge is 0.104 e. The van der Waals surface area contributed by atoms with Crippen molar-refractivity contribution in [2.24, 2.45) is 0 Å². The fourth-order valence-electron chi connectivity index (χ4n) is 1.28. The maximum absolute atomic E-state index is 9.50. The van der Waals surface area contributed by atoms with Crippen LogP contribution in [0.5, 0.6) is 0 Å². The van der Waals surface area contributed by atoms with Crippen LogP contribution in [0, 0.1) is 0 Å². The molecule has 1 aromatic rings. The molecule has 12 heavy (non-hydrogen) atoms. The van der Waals surface area contributed by atoms with Crippen molar-refractivity contribution < 1.29 is 9.84 Å². The molecule has 0 saturated carbocycles. The first kappa shape index (κ1) is 8.16. The third-order valence-corrected chi connectivity index (χ3v) is 2.60. The number of aliphatic hydroxyl groups is 1.